The highest BCUT2D eigenvalue weighted by atomic mass is 19.3. The Hall–Kier alpha value is -1.79. The molecule has 0 radical (unpaired) electrons. The predicted molar refractivity (Wildman–Crippen MR) is 82.6 cm³/mol. The number of alkyl halides is 2. The third-order valence-electron chi connectivity index (χ3n) is 4.54. The first-order chi connectivity index (χ1) is 10.9. The van der Waals surface area contributed by atoms with Crippen molar-refractivity contribution in [3.63, 3.8) is 0 Å². The van der Waals surface area contributed by atoms with Crippen LogP contribution in [0.25, 0.3) is 0 Å². The maximum absolute atomic E-state index is 13.2. The van der Waals surface area contributed by atoms with Gasteiger partial charge < -0.3 is 9.80 Å². The van der Waals surface area contributed by atoms with Crippen LogP contribution in [0.4, 0.5) is 14.6 Å². The van der Waals surface area contributed by atoms with E-state index in [4.69, 9.17) is 0 Å². The number of carbonyl (C=O) groups excluding carboxylic acids is 1. The van der Waals surface area contributed by atoms with Crippen LogP contribution in [0.15, 0.2) is 12.3 Å². The summed E-state index contributed by atoms with van der Waals surface area (Å²) in [6.45, 7) is 5.59. The average molecular weight is 324 g/mol. The van der Waals surface area contributed by atoms with Crippen LogP contribution in [0.1, 0.15) is 38.4 Å². The zero-order valence-electron chi connectivity index (χ0n) is 13.5. The van der Waals surface area contributed by atoms with Crippen molar-refractivity contribution in [2.75, 3.05) is 31.1 Å². The first-order valence-electron chi connectivity index (χ1n) is 8.10. The van der Waals surface area contributed by atoms with E-state index in [-0.39, 0.29) is 43.7 Å². The third kappa shape index (κ3) is 3.43. The van der Waals surface area contributed by atoms with Gasteiger partial charge in [0.1, 0.15) is 11.6 Å². The molecule has 3 heterocycles. The molecular formula is C16H22F2N4O. The second-order valence-electron chi connectivity index (χ2n) is 6.71. The van der Waals surface area contributed by atoms with Gasteiger partial charge in [-0.05, 0) is 6.07 Å². The topological polar surface area (TPSA) is 49.3 Å². The maximum atomic E-state index is 13.2. The Morgan fingerprint density at radius 3 is 2.57 bits per heavy atom. The Kier molecular flexibility index (Phi) is 4.21. The summed E-state index contributed by atoms with van der Waals surface area (Å²) in [7, 11) is 0. The van der Waals surface area contributed by atoms with Crippen molar-refractivity contribution in [3.05, 3.63) is 18.1 Å². The van der Waals surface area contributed by atoms with E-state index < -0.39 is 5.92 Å². The Morgan fingerprint density at radius 1 is 1.30 bits per heavy atom. The molecule has 2 aliphatic rings. The number of hydrogen-bond acceptors (Lipinski definition) is 4. The molecule has 1 aromatic rings. The molecule has 1 aromatic heterocycles. The van der Waals surface area contributed by atoms with E-state index in [0.717, 1.165) is 11.6 Å². The lowest BCUT2D eigenvalue weighted by atomic mass is 9.96. The predicted octanol–water partition coefficient (Wildman–Crippen LogP) is 2.29. The molecule has 126 valence electrons. The number of piperidine rings is 1. The van der Waals surface area contributed by atoms with Gasteiger partial charge in [-0.2, -0.15) is 0 Å². The molecular weight excluding hydrogens is 302 g/mol. The van der Waals surface area contributed by atoms with Crippen LogP contribution in [0.3, 0.4) is 0 Å². The smallest absolute Gasteiger partial charge is 0.251 e. The van der Waals surface area contributed by atoms with Crippen LogP contribution in [0, 0.1) is 5.92 Å². The number of rotatable bonds is 3. The second kappa shape index (κ2) is 6.02. The minimum Gasteiger partial charge on any atom is -0.355 e. The van der Waals surface area contributed by atoms with Gasteiger partial charge in [0.05, 0.1) is 5.92 Å². The summed E-state index contributed by atoms with van der Waals surface area (Å²) in [5.74, 6) is -0.859. The average Bonchev–Trinajstić information content (AvgIpc) is 2.45. The van der Waals surface area contributed by atoms with E-state index in [2.05, 4.69) is 9.97 Å². The number of carbonyl (C=O) groups is 1. The standard InChI is InChI=1S/C16H22F2N4O/c1-11(2)14-19-6-3-13(20-14)22-9-12(10-22)15(23)21-7-4-16(17,18)5-8-21/h3,6,11-12H,4-5,7-10H2,1-2H3. The van der Waals surface area contributed by atoms with Crippen LogP contribution >= 0.6 is 0 Å². The normalized spacial score (nSPS) is 21.4. The molecule has 0 spiro atoms. The molecule has 0 unspecified atom stereocenters. The van der Waals surface area contributed by atoms with Crippen LogP contribution in [-0.4, -0.2) is 52.9 Å². The molecule has 0 aliphatic carbocycles. The molecule has 0 N–H and O–H groups in total. The number of likely N-dealkylation sites (tertiary alicyclic amines) is 1. The summed E-state index contributed by atoms with van der Waals surface area (Å²) in [5.41, 5.74) is 0. The van der Waals surface area contributed by atoms with Crippen molar-refractivity contribution in [2.45, 2.75) is 38.5 Å². The molecule has 7 heteroatoms. The van der Waals surface area contributed by atoms with Crippen molar-refractivity contribution < 1.29 is 13.6 Å². The maximum Gasteiger partial charge on any atom is 0.251 e. The quantitative estimate of drug-likeness (QED) is 0.856. The Bertz CT molecular complexity index is 577. The largest absolute Gasteiger partial charge is 0.355 e. The first-order valence-corrected chi connectivity index (χ1v) is 8.10. The fourth-order valence-corrected chi connectivity index (χ4v) is 2.95. The van der Waals surface area contributed by atoms with Gasteiger partial charge in [0.2, 0.25) is 5.91 Å². The van der Waals surface area contributed by atoms with Crippen LogP contribution in [0.2, 0.25) is 0 Å². The molecule has 23 heavy (non-hydrogen) atoms. The molecule has 3 rings (SSSR count). The molecule has 2 fully saturated rings. The van der Waals surface area contributed by atoms with Crippen molar-refractivity contribution in [1.29, 1.82) is 0 Å². The molecule has 2 saturated heterocycles. The monoisotopic (exact) mass is 324 g/mol. The fourth-order valence-electron chi connectivity index (χ4n) is 2.95. The third-order valence-corrected chi connectivity index (χ3v) is 4.54. The van der Waals surface area contributed by atoms with Crippen molar-refractivity contribution in [3.8, 4) is 0 Å². The van der Waals surface area contributed by atoms with E-state index in [1.54, 1.807) is 11.1 Å². The van der Waals surface area contributed by atoms with Gasteiger partial charge in [-0.25, -0.2) is 18.7 Å². The van der Waals surface area contributed by atoms with Gasteiger partial charge in [0.25, 0.3) is 5.92 Å². The highest BCUT2D eigenvalue weighted by Crippen LogP contribution is 2.30. The molecule has 5 nitrogen and oxygen atoms in total. The van der Waals surface area contributed by atoms with E-state index >= 15 is 0 Å². The Labute approximate surface area is 134 Å². The van der Waals surface area contributed by atoms with Gasteiger partial charge in [-0.3, -0.25) is 4.79 Å². The van der Waals surface area contributed by atoms with Gasteiger partial charge in [-0.1, -0.05) is 13.8 Å². The van der Waals surface area contributed by atoms with Crippen molar-refractivity contribution in [2.24, 2.45) is 5.92 Å². The number of nitrogens with zero attached hydrogens (tertiary/aromatic N) is 4. The van der Waals surface area contributed by atoms with Crippen molar-refractivity contribution in [1.82, 2.24) is 14.9 Å². The van der Waals surface area contributed by atoms with Gasteiger partial charge in [0, 0.05) is 51.1 Å². The minimum atomic E-state index is -2.61. The van der Waals surface area contributed by atoms with Crippen LogP contribution < -0.4 is 4.90 Å². The molecule has 2 aliphatic heterocycles. The molecule has 0 aromatic carbocycles. The summed E-state index contributed by atoms with van der Waals surface area (Å²) in [6, 6.07) is 1.84. The van der Waals surface area contributed by atoms with Crippen LogP contribution in [-0.2, 0) is 4.79 Å². The number of amides is 1. The Balaban J connectivity index is 1.55. The number of aromatic nitrogens is 2. The summed E-state index contributed by atoms with van der Waals surface area (Å²) >= 11 is 0. The van der Waals surface area contributed by atoms with E-state index in [9.17, 15) is 13.6 Å². The lowest BCUT2D eigenvalue weighted by Crippen LogP contribution is -2.56. The zero-order valence-corrected chi connectivity index (χ0v) is 13.5. The van der Waals surface area contributed by atoms with E-state index in [0.29, 0.717) is 13.1 Å². The summed E-state index contributed by atoms with van der Waals surface area (Å²) in [5, 5.41) is 0. The van der Waals surface area contributed by atoms with E-state index in [1.165, 1.54) is 0 Å². The van der Waals surface area contributed by atoms with Gasteiger partial charge in [-0.15, -0.1) is 0 Å². The number of hydrogen-bond donors (Lipinski definition) is 0. The first kappa shape index (κ1) is 16.1. The number of anilines is 1. The number of halogens is 2. The molecule has 0 bridgehead atoms. The van der Waals surface area contributed by atoms with Gasteiger partial charge >= 0.3 is 0 Å². The fraction of sp³-hybridized carbons (Fsp3) is 0.688. The lowest BCUT2D eigenvalue weighted by Gasteiger charge is -2.42. The molecule has 0 atom stereocenters. The minimum absolute atomic E-state index is 0.00473. The highest BCUT2D eigenvalue weighted by molar-refractivity contribution is 5.82. The lowest BCUT2D eigenvalue weighted by molar-refractivity contribution is -0.142. The molecule has 1 amide bonds. The summed E-state index contributed by atoms with van der Waals surface area (Å²) < 4.78 is 26.3. The SMILES string of the molecule is CC(C)c1nccc(N2CC(C(=O)N3CCC(F)(F)CC3)C2)n1. The van der Waals surface area contributed by atoms with Gasteiger partial charge in [0.15, 0.2) is 0 Å². The molecule has 0 saturated carbocycles. The summed E-state index contributed by atoms with van der Waals surface area (Å²) in [6.07, 6.45) is 1.29. The Morgan fingerprint density at radius 2 is 1.96 bits per heavy atom. The zero-order chi connectivity index (χ0) is 16.6. The van der Waals surface area contributed by atoms with Crippen molar-refractivity contribution >= 4 is 11.7 Å². The summed E-state index contributed by atoms with van der Waals surface area (Å²) in [4.78, 5) is 24.7. The second-order valence-corrected chi connectivity index (χ2v) is 6.71. The van der Waals surface area contributed by atoms with E-state index in [1.807, 2.05) is 24.8 Å². The van der Waals surface area contributed by atoms with Crippen LogP contribution in [0.5, 0.6) is 0 Å². The highest BCUT2D eigenvalue weighted by Gasteiger charge is 2.40.